The molecule has 0 fully saturated rings. The molecule has 27 heavy (non-hydrogen) atoms. The highest BCUT2D eigenvalue weighted by Crippen LogP contribution is 2.50. The minimum absolute atomic E-state index is 0.0152. The Kier molecular flexibility index (Phi) is 5.93. The maximum absolute atomic E-state index is 10.9. The van der Waals surface area contributed by atoms with Gasteiger partial charge in [0.25, 0.3) is 0 Å². The van der Waals surface area contributed by atoms with E-state index in [2.05, 4.69) is 47.6 Å². The normalized spacial score (nSPS) is 23.5. The molecule has 1 aliphatic heterocycles. The zero-order chi connectivity index (χ0) is 19.8. The molecule has 3 unspecified atom stereocenters. The lowest BCUT2D eigenvalue weighted by molar-refractivity contribution is 0.297. The molecular weight excluding hydrogens is 332 g/mol. The number of aromatic hydroxyl groups is 1. The van der Waals surface area contributed by atoms with Crippen molar-refractivity contribution < 1.29 is 9.84 Å². The van der Waals surface area contributed by atoms with Crippen molar-refractivity contribution in [1.29, 1.82) is 0 Å². The molecule has 2 aliphatic rings. The van der Waals surface area contributed by atoms with Crippen LogP contribution in [0.25, 0.3) is 0 Å². The number of rotatable bonds is 6. The molecule has 1 heterocycles. The Morgan fingerprint density at radius 1 is 1.22 bits per heavy atom. The van der Waals surface area contributed by atoms with E-state index in [0.717, 1.165) is 24.2 Å². The van der Waals surface area contributed by atoms with Crippen LogP contribution >= 0.6 is 0 Å². The summed E-state index contributed by atoms with van der Waals surface area (Å²) in [6.45, 7) is 13.8. The first kappa shape index (κ1) is 20.3. The summed E-state index contributed by atoms with van der Waals surface area (Å²) in [6, 6.07) is 4.22. The SMILES string of the molecule is CCCCCC(C)C(C)(C)c1cc(O)c2c(c1)OC1=C(CCC(C)C1)C2C. The molecule has 150 valence electrons. The molecular formula is C25H38O2. The molecule has 0 saturated heterocycles. The quantitative estimate of drug-likeness (QED) is 0.527. The zero-order valence-electron chi connectivity index (χ0n) is 18.2. The fraction of sp³-hybridized carbons (Fsp3) is 0.680. The highest BCUT2D eigenvalue weighted by molar-refractivity contribution is 5.56. The summed E-state index contributed by atoms with van der Waals surface area (Å²) in [5.74, 6) is 3.97. The topological polar surface area (TPSA) is 29.5 Å². The monoisotopic (exact) mass is 370 g/mol. The smallest absolute Gasteiger partial charge is 0.134 e. The minimum Gasteiger partial charge on any atom is -0.507 e. The van der Waals surface area contributed by atoms with Gasteiger partial charge in [0.2, 0.25) is 0 Å². The van der Waals surface area contributed by atoms with Crippen LogP contribution in [0.4, 0.5) is 0 Å². The van der Waals surface area contributed by atoms with Crippen LogP contribution in [0.15, 0.2) is 23.5 Å². The van der Waals surface area contributed by atoms with Crippen LogP contribution in [0.1, 0.15) is 104 Å². The predicted molar refractivity (Wildman–Crippen MR) is 114 cm³/mol. The summed E-state index contributed by atoms with van der Waals surface area (Å²) in [5.41, 5.74) is 3.60. The van der Waals surface area contributed by atoms with Crippen LogP contribution < -0.4 is 4.74 Å². The first-order valence-electron chi connectivity index (χ1n) is 11.0. The second kappa shape index (κ2) is 7.89. The third-order valence-electron chi connectivity index (χ3n) is 7.32. The predicted octanol–water partition coefficient (Wildman–Crippen LogP) is 7.46. The number of phenols is 1. The van der Waals surface area contributed by atoms with E-state index in [0.29, 0.717) is 17.6 Å². The Morgan fingerprint density at radius 2 is 1.96 bits per heavy atom. The fourth-order valence-corrected chi connectivity index (χ4v) is 4.81. The van der Waals surface area contributed by atoms with Gasteiger partial charge < -0.3 is 9.84 Å². The average molecular weight is 371 g/mol. The van der Waals surface area contributed by atoms with Crippen LogP contribution in [0.2, 0.25) is 0 Å². The van der Waals surface area contributed by atoms with Gasteiger partial charge in [-0.1, -0.05) is 60.8 Å². The number of allylic oxidation sites excluding steroid dienone is 2. The van der Waals surface area contributed by atoms with Gasteiger partial charge in [-0.3, -0.25) is 0 Å². The molecule has 0 radical (unpaired) electrons. The first-order valence-corrected chi connectivity index (χ1v) is 11.0. The second-order valence-electron chi connectivity index (χ2n) is 9.65. The maximum Gasteiger partial charge on any atom is 0.134 e. The molecule has 1 N–H and O–H groups in total. The number of unbranched alkanes of at least 4 members (excludes halogenated alkanes) is 2. The Hall–Kier alpha value is -1.44. The van der Waals surface area contributed by atoms with Crippen LogP contribution in [-0.4, -0.2) is 5.11 Å². The van der Waals surface area contributed by atoms with Gasteiger partial charge >= 0.3 is 0 Å². The zero-order valence-corrected chi connectivity index (χ0v) is 18.2. The number of hydrogen-bond donors (Lipinski definition) is 1. The summed E-state index contributed by atoms with van der Waals surface area (Å²) in [7, 11) is 0. The molecule has 0 bridgehead atoms. The van der Waals surface area contributed by atoms with E-state index >= 15 is 0 Å². The van der Waals surface area contributed by atoms with Gasteiger partial charge in [-0.05, 0) is 59.8 Å². The van der Waals surface area contributed by atoms with Gasteiger partial charge in [0.05, 0.1) is 0 Å². The van der Waals surface area contributed by atoms with Crippen molar-refractivity contribution in [2.24, 2.45) is 11.8 Å². The first-order chi connectivity index (χ1) is 12.8. The molecule has 0 saturated carbocycles. The average Bonchev–Trinajstić information content (AvgIpc) is 2.61. The Bertz CT molecular complexity index is 713. The molecule has 0 spiro atoms. The van der Waals surface area contributed by atoms with E-state index in [1.54, 1.807) is 0 Å². The lowest BCUT2D eigenvalue weighted by Crippen LogP contribution is -2.27. The van der Waals surface area contributed by atoms with Crippen molar-refractivity contribution in [3.05, 3.63) is 34.6 Å². The van der Waals surface area contributed by atoms with E-state index in [1.807, 2.05) is 6.07 Å². The van der Waals surface area contributed by atoms with Crippen molar-refractivity contribution in [2.45, 2.75) is 97.8 Å². The molecule has 0 amide bonds. The van der Waals surface area contributed by atoms with Crippen LogP contribution in [0, 0.1) is 11.8 Å². The Morgan fingerprint density at radius 3 is 2.67 bits per heavy atom. The fourth-order valence-electron chi connectivity index (χ4n) is 4.81. The van der Waals surface area contributed by atoms with Crippen molar-refractivity contribution in [2.75, 3.05) is 0 Å². The van der Waals surface area contributed by atoms with Crippen molar-refractivity contribution in [3.8, 4) is 11.5 Å². The van der Waals surface area contributed by atoms with E-state index in [9.17, 15) is 5.11 Å². The molecule has 2 heteroatoms. The van der Waals surface area contributed by atoms with Crippen LogP contribution in [0.5, 0.6) is 11.5 Å². The Labute approximate surface area is 166 Å². The van der Waals surface area contributed by atoms with Crippen LogP contribution in [-0.2, 0) is 5.41 Å². The molecule has 1 aromatic rings. The van der Waals surface area contributed by atoms with Gasteiger partial charge in [0, 0.05) is 17.9 Å². The molecule has 1 aliphatic carbocycles. The van der Waals surface area contributed by atoms with Crippen molar-refractivity contribution >= 4 is 0 Å². The highest BCUT2D eigenvalue weighted by Gasteiger charge is 2.35. The summed E-state index contributed by atoms with van der Waals surface area (Å²) in [6.07, 6.45) is 8.41. The number of phenolic OH excluding ortho intramolecular Hbond substituents is 1. The number of ether oxygens (including phenoxy) is 1. The summed E-state index contributed by atoms with van der Waals surface area (Å²) < 4.78 is 6.39. The summed E-state index contributed by atoms with van der Waals surface area (Å²) in [5, 5.41) is 10.9. The van der Waals surface area contributed by atoms with E-state index < -0.39 is 0 Å². The number of hydrogen-bond acceptors (Lipinski definition) is 2. The van der Waals surface area contributed by atoms with Gasteiger partial charge in [-0.15, -0.1) is 0 Å². The lowest BCUT2D eigenvalue weighted by atomic mass is 9.71. The maximum atomic E-state index is 10.9. The van der Waals surface area contributed by atoms with Crippen molar-refractivity contribution in [3.63, 3.8) is 0 Å². The third-order valence-corrected chi connectivity index (χ3v) is 7.32. The lowest BCUT2D eigenvalue weighted by Gasteiger charge is -2.37. The highest BCUT2D eigenvalue weighted by atomic mass is 16.5. The van der Waals surface area contributed by atoms with E-state index in [4.69, 9.17) is 4.74 Å². The molecule has 2 nitrogen and oxygen atoms in total. The summed E-state index contributed by atoms with van der Waals surface area (Å²) in [4.78, 5) is 0. The molecule has 1 aromatic carbocycles. The van der Waals surface area contributed by atoms with Crippen LogP contribution in [0.3, 0.4) is 0 Å². The molecule has 3 rings (SSSR count). The van der Waals surface area contributed by atoms with E-state index in [-0.39, 0.29) is 11.3 Å². The van der Waals surface area contributed by atoms with Crippen molar-refractivity contribution in [1.82, 2.24) is 0 Å². The van der Waals surface area contributed by atoms with Gasteiger partial charge in [0.15, 0.2) is 0 Å². The standard InChI is InChI=1S/C25H38O2/c1-7-8-9-10-17(3)25(5,6)19-14-21(26)24-18(4)20-12-11-16(2)13-22(20)27-23(24)15-19/h14-18,26H,7-13H2,1-6H3. The number of fused-ring (bicyclic) bond motifs is 1. The molecule has 0 aromatic heterocycles. The summed E-state index contributed by atoms with van der Waals surface area (Å²) >= 11 is 0. The molecule has 3 atom stereocenters. The largest absolute Gasteiger partial charge is 0.507 e. The minimum atomic E-state index is 0.0152. The third kappa shape index (κ3) is 3.91. The van der Waals surface area contributed by atoms with E-state index in [1.165, 1.54) is 49.0 Å². The number of benzene rings is 1. The Balaban J connectivity index is 1.90. The van der Waals surface area contributed by atoms with Gasteiger partial charge in [0.1, 0.15) is 17.3 Å². The van der Waals surface area contributed by atoms with Gasteiger partial charge in [-0.25, -0.2) is 0 Å². The van der Waals surface area contributed by atoms with Gasteiger partial charge in [-0.2, -0.15) is 0 Å². The second-order valence-corrected chi connectivity index (χ2v) is 9.65.